The normalized spacial score (nSPS) is 19.2. The van der Waals surface area contributed by atoms with E-state index in [9.17, 15) is 4.79 Å². The van der Waals surface area contributed by atoms with Crippen LogP contribution in [0.5, 0.6) is 0 Å². The van der Waals surface area contributed by atoms with E-state index in [1.807, 2.05) is 39.0 Å². The predicted molar refractivity (Wildman–Crippen MR) is 92.2 cm³/mol. The van der Waals surface area contributed by atoms with Crippen molar-refractivity contribution in [2.45, 2.75) is 45.4 Å². The first-order valence-corrected chi connectivity index (χ1v) is 8.56. The van der Waals surface area contributed by atoms with Crippen LogP contribution in [-0.4, -0.2) is 35.7 Å². The van der Waals surface area contributed by atoms with Gasteiger partial charge >= 0.3 is 6.09 Å². The van der Waals surface area contributed by atoms with Crippen LogP contribution >= 0.6 is 27.5 Å². The minimum Gasteiger partial charge on any atom is -0.444 e. The van der Waals surface area contributed by atoms with Gasteiger partial charge in [0.05, 0.1) is 0 Å². The fourth-order valence-corrected chi connectivity index (χ4v) is 3.06. The predicted octanol–water partition coefficient (Wildman–Crippen LogP) is 4.20. The number of nitrogens with one attached hydrogen (secondary N) is 1. The van der Waals surface area contributed by atoms with Crippen molar-refractivity contribution in [2.24, 2.45) is 0 Å². The fourth-order valence-electron chi connectivity index (χ4n) is 2.47. The molecule has 122 valence electrons. The van der Waals surface area contributed by atoms with Gasteiger partial charge in [0.1, 0.15) is 5.60 Å². The minimum atomic E-state index is -0.466. The Morgan fingerprint density at radius 2 is 2.23 bits per heavy atom. The van der Waals surface area contributed by atoms with Gasteiger partial charge in [0, 0.05) is 35.2 Å². The summed E-state index contributed by atoms with van der Waals surface area (Å²) in [5, 5.41) is 3.70. The number of likely N-dealkylation sites (tertiary alicyclic amines) is 1. The van der Waals surface area contributed by atoms with Crippen LogP contribution in [0.1, 0.15) is 32.8 Å². The molecule has 0 aliphatic carbocycles. The van der Waals surface area contributed by atoms with Gasteiger partial charge in [0.15, 0.2) is 0 Å². The standard InChI is InChI=1S/C16H22BrClN2O2/c1-16(2,3)22-15(21)19-13-6-7-20(10-13)9-11-8-12(17)4-5-14(11)18/h4-5,8,13H,6-7,9-10H2,1-3H3,(H,19,21)/t13-/m1/s1. The molecular formula is C16H22BrClN2O2. The lowest BCUT2D eigenvalue weighted by atomic mass is 10.2. The average Bonchev–Trinajstić information content (AvgIpc) is 2.78. The number of hydrogen-bond donors (Lipinski definition) is 1. The van der Waals surface area contributed by atoms with Crippen LogP contribution in [0.3, 0.4) is 0 Å². The highest BCUT2D eigenvalue weighted by atomic mass is 79.9. The first-order chi connectivity index (χ1) is 10.2. The van der Waals surface area contributed by atoms with Gasteiger partial charge in [-0.2, -0.15) is 0 Å². The molecule has 0 radical (unpaired) electrons. The van der Waals surface area contributed by atoms with Crippen molar-refractivity contribution in [3.8, 4) is 0 Å². The van der Waals surface area contributed by atoms with Gasteiger partial charge in [-0.15, -0.1) is 0 Å². The number of benzene rings is 1. The third-order valence-electron chi connectivity index (χ3n) is 3.39. The number of nitrogens with zero attached hydrogens (tertiary/aromatic N) is 1. The molecule has 1 saturated heterocycles. The van der Waals surface area contributed by atoms with Crippen LogP contribution in [0, 0.1) is 0 Å². The maximum Gasteiger partial charge on any atom is 0.407 e. The molecule has 0 aromatic heterocycles. The Morgan fingerprint density at radius 3 is 2.91 bits per heavy atom. The highest BCUT2D eigenvalue weighted by molar-refractivity contribution is 9.10. The molecule has 1 amide bonds. The quantitative estimate of drug-likeness (QED) is 0.842. The van der Waals surface area contributed by atoms with Crippen LogP contribution in [-0.2, 0) is 11.3 Å². The molecule has 1 aliphatic heterocycles. The zero-order chi connectivity index (χ0) is 16.3. The van der Waals surface area contributed by atoms with Crippen molar-refractivity contribution in [2.75, 3.05) is 13.1 Å². The van der Waals surface area contributed by atoms with Crippen molar-refractivity contribution in [3.63, 3.8) is 0 Å². The van der Waals surface area contributed by atoms with E-state index in [0.717, 1.165) is 41.1 Å². The maximum atomic E-state index is 11.8. The van der Waals surface area contributed by atoms with Crippen molar-refractivity contribution >= 4 is 33.6 Å². The zero-order valence-electron chi connectivity index (χ0n) is 13.2. The van der Waals surface area contributed by atoms with E-state index < -0.39 is 5.60 Å². The second-order valence-corrected chi connectivity index (χ2v) is 7.93. The summed E-state index contributed by atoms with van der Waals surface area (Å²) in [5.74, 6) is 0. The highest BCUT2D eigenvalue weighted by Crippen LogP contribution is 2.24. The number of carbonyl (C=O) groups excluding carboxylic acids is 1. The zero-order valence-corrected chi connectivity index (χ0v) is 15.5. The summed E-state index contributed by atoms with van der Waals surface area (Å²) in [4.78, 5) is 14.1. The van der Waals surface area contributed by atoms with Crippen molar-refractivity contribution in [1.82, 2.24) is 10.2 Å². The van der Waals surface area contributed by atoms with Crippen LogP contribution in [0.25, 0.3) is 0 Å². The molecule has 1 N–H and O–H groups in total. The molecule has 0 unspecified atom stereocenters. The number of amides is 1. The van der Waals surface area contributed by atoms with Crippen molar-refractivity contribution < 1.29 is 9.53 Å². The van der Waals surface area contributed by atoms with Gasteiger partial charge in [0.2, 0.25) is 0 Å². The van der Waals surface area contributed by atoms with Crippen LogP contribution in [0.15, 0.2) is 22.7 Å². The molecule has 1 aromatic rings. The Balaban J connectivity index is 1.85. The monoisotopic (exact) mass is 388 g/mol. The molecule has 6 heteroatoms. The highest BCUT2D eigenvalue weighted by Gasteiger charge is 2.26. The molecule has 2 rings (SSSR count). The summed E-state index contributed by atoms with van der Waals surface area (Å²) in [6.45, 7) is 8.12. The van der Waals surface area contributed by atoms with E-state index in [4.69, 9.17) is 16.3 Å². The van der Waals surface area contributed by atoms with Gasteiger partial charge < -0.3 is 10.1 Å². The molecule has 1 atom stereocenters. The average molecular weight is 390 g/mol. The van der Waals surface area contributed by atoms with E-state index in [1.165, 1.54) is 0 Å². The van der Waals surface area contributed by atoms with Crippen molar-refractivity contribution in [3.05, 3.63) is 33.3 Å². The minimum absolute atomic E-state index is 0.126. The van der Waals surface area contributed by atoms with E-state index in [0.29, 0.717) is 0 Å². The van der Waals surface area contributed by atoms with Crippen LogP contribution in [0.2, 0.25) is 5.02 Å². The summed E-state index contributed by atoms with van der Waals surface area (Å²) in [5.41, 5.74) is 0.626. The summed E-state index contributed by atoms with van der Waals surface area (Å²) < 4.78 is 6.31. The lowest BCUT2D eigenvalue weighted by molar-refractivity contribution is 0.0506. The van der Waals surface area contributed by atoms with Gasteiger partial charge in [0.25, 0.3) is 0 Å². The topological polar surface area (TPSA) is 41.6 Å². The molecule has 1 aromatic carbocycles. The number of rotatable bonds is 3. The van der Waals surface area contributed by atoms with Gasteiger partial charge in [-0.1, -0.05) is 27.5 Å². The molecule has 0 bridgehead atoms. The molecular weight excluding hydrogens is 368 g/mol. The maximum absolute atomic E-state index is 11.8. The lowest BCUT2D eigenvalue weighted by Crippen LogP contribution is -2.40. The molecule has 1 aliphatic rings. The second-order valence-electron chi connectivity index (χ2n) is 6.60. The molecule has 0 saturated carbocycles. The fraction of sp³-hybridized carbons (Fsp3) is 0.562. The first-order valence-electron chi connectivity index (χ1n) is 7.39. The van der Waals surface area contributed by atoms with Gasteiger partial charge in [-0.05, 0) is 51.0 Å². The Morgan fingerprint density at radius 1 is 1.50 bits per heavy atom. The van der Waals surface area contributed by atoms with Crippen molar-refractivity contribution in [1.29, 1.82) is 0 Å². The number of hydrogen-bond acceptors (Lipinski definition) is 3. The van der Waals surface area contributed by atoms with E-state index in [1.54, 1.807) is 0 Å². The van der Waals surface area contributed by atoms with E-state index in [2.05, 4.69) is 26.1 Å². The largest absolute Gasteiger partial charge is 0.444 e. The SMILES string of the molecule is CC(C)(C)OC(=O)N[C@@H]1CCN(Cc2cc(Br)ccc2Cl)C1. The molecule has 1 heterocycles. The third-order valence-corrected chi connectivity index (χ3v) is 4.26. The molecule has 22 heavy (non-hydrogen) atoms. The third kappa shape index (κ3) is 5.45. The Kier molecular flexibility index (Phi) is 5.75. The number of ether oxygens (including phenoxy) is 1. The summed E-state index contributed by atoms with van der Waals surface area (Å²) in [6.07, 6.45) is 0.574. The van der Waals surface area contributed by atoms with Gasteiger partial charge in [-0.25, -0.2) is 4.79 Å². The number of halogens is 2. The number of alkyl carbamates (subject to hydrolysis) is 1. The molecule has 4 nitrogen and oxygen atoms in total. The van der Waals surface area contributed by atoms with E-state index >= 15 is 0 Å². The lowest BCUT2D eigenvalue weighted by Gasteiger charge is -2.22. The Bertz CT molecular complexity index is 545. The Labute approximate surface area is 145 Å². The number of carbonyl (C=O) groups is 1. The summed E-state index contributed by atoms with van der Waals surface area (Å²) >= 11 is 9.70. The summed E-state index contributed by atoms with van der Waals surface area (Å²) in [7, 11) is 0. The Hall–Kier alpha value is -0.780. The van der Waals surface area contributed by atoms with Crippen LogP contribution in [0.4, 0.5) is 4.79 Å². The molecule has 1 fully saturated rings. The second kappa shape index (κ2) is 7.20. The summed E-state index contributed by atoms with van der Waals surface area (Å²) in [6, 6.07) is 5.99. The van der Waals surface area contributed by atoms with Crippen LogP contribution < -0.4 is 5.32 Å². The van der Waals surface area contributed by atoms with E-state index in [-0.39, 0.29) is 12.1 Å². The molecule has 0 spiro atoms. The first kappa shape index (κ1) is 17.6. The van der Waals surface area contributed by atoms with Gasteiger partial charge in [-0.3, -0.25) is 4.90 Å². The smallest absolute Gasteiger partial charge is 0.407 e.